The van der Waals surface area contributed by atoms with Crippen molar-refractivity contribution in [2.24, 2.45) is 5.92 Å². The normalized spacial score (nSPS) is 29.4. The Morgan fingerprint density at radius 2 is 2.21 bits per heavy atom. The molecule has 112 valence electrons. The molecule has 1 heterocycles. The highest BCUT2D eigenvalue weighted by molar-refractivity contribution is 5.85. The number of amides is 1. The lowest BCUT2D eigenvalue weighted by molar-refractivity contribution is -0.121. The molecule has 1 saturated carbocycles. The molecule has 3 unspecified atom stereocenters. The minimum atomic E-state index is 0. The van der Waals surface area contributed by atoms with Gasteiger partial charge in [-0.15, -0.1) is 12.4 Å². The van der Waals surface area contributed by atoms with Crippen LogP contribution >= 0.6 is 12.4 Å². The first kappa shape index (κ1) is 16.7. The van der Waals surface area contributed by atoms with E-state index >= 15 is 0 Å². The molecule has 1 aliphatic carbocycles. The van der Waals surface area contributed by atoms with Crippen LogP contribution in [0.15, 0.2) is 0 Å². The lowest BCUT2D eigenvalue weighted by Crippen LogP contribution is -2.48. The summed E-state index contributed by atoms with van der Waals surface area (Å²) in [6.45, 7) is 2.57. The molecule has 1 aliphatic heterocycles. The fourth-order valence-electron chi connectivity index (χ4n) is 2.99. The average Bonchev–Trinajstić information content (AvgIpc) is 2.84. The zero-order chi connectivity index (χ0) is 12.8. The highest BCUT2D eigenvalue weighted by atomic mass is 35.5. The molecule has 1 amide bonds. The number of carbonyl (C=O) groups is 1. The molecule has 0 spiro atoms. The minimum Gasteiger partial charge on any atom is -0.383 e. The van der Waals surface area contributed by atoms with Crippen LogP contribution in [-0.4, -0.2) is 51.5 Å². The van der Waals surface area contributed by atoms with E-state index in [4.69, 9.17) is 9.47 Å². The van der Waals surface area contributed by atoms with E-state index in [1.807, 2.05) is 0 Å². The lowest BCUT2D eigenvalue weighted by atomic mass is 9.82. The highest BCUT2D eigenvalue weighted by Crippen LogP contribution is 2.34. The molecule has 0 aromatic carbocycles. The van der Waals surface area contributed by atoms with Crippen LogP contribution in [0.25, 0.3) is 0 Å². The third-order valence-electron chi connectivity index (χ3n) is 3.90. The van der Waals surface area contributed by atoms with Gasteiger partial charge in [-0.1, -0.05) is 0 Å². The molecule has 0 bridgehead atoms. The molecule has 2 aliphatic rings. The minimum absolute atomic E-state index is 0. The summed E-state index contributed by atoms with van der Waals surface area (Å²) < 4.78 is 10.6. The van der Waals surface area contributed by atoms with Crippen LogP contribution in [0.5, 0.6) is 0 Å². The molecule has 1 saturated heterocycles. The summed E-state index contributed by atoms with van der Waals surface area (Å²) in [4.78, 5) is 11.8. The van der Waals surface area contributed by atoms with Crippen molar-refractivity contribution in [3.05, 3.63) is 0 Å². The molecule has 3 atom stereocenters. The second kappa shape index (κ2) is 8.74. The Morgan fingerprint density at radius 1 is 1.37 bits per heavy atom. The van der Waals surface area contributed by atoms with Crippen LogP contribution in [0.3, 0.4) is 0 Å². The van der Waals surface area contributed by atoms with Crippen molar-refractivity contribution in [3.63, 3.8) is 0 Å². The third kappa shape index (κ3) is 4.91. The van der Waals surface area contributed by atoms with Gasteiger partial charge in [-0.25, -0.2) is 0 Å². The smallest absolute Gasteiger partial charge is 0.234 e. The van der Waals surface area contributed by atoms with Crippen LogP contribution in [0.4, 0.5) is 0 Å². The summed E-state index contributed by atoms with van der Waals surface area (Å²) in [6, 6.07) is 0.308. The van der Waals surface area contributed by atoms with E-state index in [2.05, 4.69) is 10.6 Å². The fourth-order valence-corrected chi connectivity index (χ4v) is 2.99. The number of halogens is 1. The van der Waals surface area contributed by atoms with Gasteiger partial charge in [0.1, 0.15) is 0 Å². The lowest BCUT2D eigenvalue weighted by Gasteiger charge is -2.33. The number of hydrogen-bond acceptors (Lipinski definition) is 4. The van der Waals surface area contributed by atoms with E-state index < -0.39 is 0 Å². The van der Waals surface area contributed by atoms with E-state index in [1.165, 1.54) is 0 Å². The van der Waals surface area contributed by atoms with Crippen molar-refractivity contribution in [3.8, 4) is 0 Å². The summed E-state index contributed by atoms with van der Waals surface area (Å²) in [7, 11) is 1.66. The Labute approximate surface area is 121 Å². The maximum Gasteiger partial charge on any atom is 0.234 e. The zero-order valence-corrected chi connectivity index (χ0v) is 12.3. The van der Waals surface area contributed by atoms with Crippen molar-refractivity contribution in [2.45, 2.75) is 37.8 Å². The molecule has 6 heteroatoms. The summed E-state index contributed by atoms with van der Waals surface area (Å²) in [5, 5.41) is 6.21. The van der Waals surface area contributed by atoms with Crippen LogP contribution in [0.2, 0.25) is 0 Å². The van der Waals surface area contributed by atoms with Gasteiger partial charge in [0.15, 0.2) is 0 Å². The fraction of sp³-hybridized carbons (Fsp3) is 0.923. The summed E-state index contributed by atoms with van der Waals surface area (Å²) in [6.07, 6.45) is 4.87. The Bertz CT molecular complexity index is 279. The molecule has 0 radical (unpaired) electrons. The average molecular weight is 293 g/mol. The number of fused-ring (bicyclic) bond motifs is 1. The van der Waals surface area contributed by atoms with Gasteiger partial charge in [0.2, 0.25) is 5.91 Å². The van der Waals surface area contributed by atoms with E-state index in [1.54, 1.807) is 7.11 Å². The maximum atomic E-state index is 11.8. The molecule has 2 fully saturated rings. The van der Waals surface area contributed by atoms with Crippen LogP contribution < -0.4 is 10.6 Å². The van der Waals surface area contributed by atoms with Crippen molar-refractivity contribution < 1.29 is 14.3 Å². The standard InChI is InChI=1S/C13H24N2O3.ClH/c1-17-8-6-14-9-13(16)15-11-3-2-4-12-10(11)5-7-18-12;/h10-12,14H,2-9H2,1H3,(H,15,16);1H. The largest absolute Gasteiger partial charge is 0.383 e. The summed E-state index contributed by atoms with van der Waals surface area (Å²) in [5.74, 6) is 0.616. The van der Waals surface area contributed by atoms with Gasteiger partial charge >= 0.3 is 0 Å². The second-order valence-corrected chi connectivity index (χ2v) is 5.14. The molecular formula is C13H25ClN2O3. The quantitative estimate of drug-likeness (QED) is 0.708. The first-order valence-electron chi connectivity index (χ1n) is 6.92. The molecule has 0 aromatic rings. The number of rotatable bonds is 6. The Hall–Kier alpha value is -0.360. The number of hydrogen-bond donors (Lipinski definition) is 2. The van der Waals surface area contributed by atoms with Gasteiger partial charge < -0.3 is 20.1 Å². The van der Waals surface area contributed by atoms with Gasteiger partial charge in [-0.2, -0.15) is 0 Å². The number of carbonyl (C=O) groups excluding carboxylic acids is 1. The van der Waals surface area contributed by atoms with Gasteiger partial charge in [0.05, 0.1) is 19.3 Å². The Morgan fingerprint density at radius 3 is 3.00 bits per heavy atom. The van der Waals surface area contributed by atoms with Gasteiger partial charge in [0, 0.05) is 32.2 Å². The Balaban J connectivity index is 0.00000180. The van der Waals surface area contributed by atoms with Gasteiger partial charge in [0.25, 0.3) is 0 Å². The van der Waals surface area contributed by atoms with Crippen LogP contribution in [0, 0.1) is 5.92 Å². The topological polar surface area (TPSA) is 59.6 Å². The van der Waals surface area contributed by atoms with Gasteiger partial charge in [-0.3, -0.25) is 4.79 Å². The third-order valence-corrected chi connectivity index (χ3v) is 3.90. The molecule has 2 rings (SSSR count). The number of ether oxygens (including phenoxy) is 2. The molecule has 0 aromatic heterocycles. The van der Waals surface area contributed by atoms with Crippen molar-refractivity contribution in [1.29, 1.82) is 0 Å². The highest BCUT2D eigenvalue weighted by Gasteiger charge is 2.38. The van der Waals surface area contributed by atoms with Crippen LogP contribution in [0.1, 0.15) is 25.7 Å². The summed E-state index contributed by atoms with van der Waals surface area (Å²) in [5.41, 5.74) is 0. The van der Waals surface area contributed by atoms with E-state index in [9.17, 15) is 4.79 Å². The predicted octanol–water partition coefficient (Wildman–Crippen LogP) is 0.718. The summed E-state index contributed by atoms with van der Waals surface area (Å²) >= 11 is 0. The predicted molar refractivity (Wildman–Crippen MR) is 75.6 cm³/mol. The zero-order valence-electron chi connectivity index (χ0n) is 11.5. The van der Waals surface area contributed by atoms with Crippen molar-refractivity contribution >= 4 is 18.3 Å². The SMILES string of the molecule is COCCNCC(=O)NC1CCCC2OCCC12.Cl. The van der Waals surface area contributed by atoms with E-state index in [0.717, 1.165) is 32.3 Å². The van der Waals surface area contributed by atoms with Crippen molar-refractivity contribution in [1.82, 2.24) is 10.6 Å². The molecule has 2 N–H and O–H groups in total. The monoisotopic (exact) mass is 292 g/mol. The second-order valence-electron chi connectivity index (χ2n) is 5.14. The van der Waals surface area contributed by atoms with E-state index in [-0.39, 0.29) is 18.3 Å². The molecule has 5 nitrogen and oxygen atoms in total. The number of nitrogens with one attached hydrogen (secondary N) is 2. The van der Waals surface area contributed by atoms with Crippen LogP contribution in [-0.2, 0) is 14.3 Å². The maximum absolute atomic E-state index is 11.8. The number of methoxy groups -OCH3 is 1. The molecule has 19 heavy (non-hydrogen) atoms. The van der Waals surface area contributed by atoms with E-state index in [0.29, 0.717) is 37.8 Å². The Kier molecular flexibility index (Phi) is 7.68. The molecular weight excluding hydrogens is 268 g/mol. The van der Waals surface area contributed by atoms with Crippen molar-refractivity contribution in [2.75, 3.05) is 33.4 Å². The first-order valence-corrected chi connectivity index (χ1v) is 6.92. The first-order chi connectivity index (χ1) is 8.81. The van der Waals surface area contributed by atoms with Gasteiger partial charge in [-0.05, 0) is 25.7 Å².